The molecule has 4 rings (SSSR count). The average molecular weight is 421 g/mol. The number of carbonyl (C=O) groups is 1. The van der Waals surface area contributed by atoms with Crippen molar-refractivity contribution in [2.24, 2.45) is 0 Å². The van der Waals surface area contributed by atoms with E-state index in [0.29, 0.717) is 22.6 Å². The van der Waals surface area contributed by atoms with Crippen LogP contribution in [-0.4, -0.2) is 36.1 Å². The van der Waals surface area contributed by atoms with Gasteiger partial charge in [-0.1, -0.05) is 37.5 Å². The Morgan fingerprint density at radius 1 is 1.00 bits per heavy atom. The largest absolute Gasteiger partial charge is 0.493 e. The van der Waals surface area contributed by atoms with E-state index in [0.717, 1.165) is 36.6 Å². The van der Waals surface area contributed by atoms with Gasteiger partial charge >= 0.3 is 0 Å². The first-order chi connectivity index (χ1) is 15.1. The summed E-state index contributed by atoms with van der Waals surface area (Å²) in [5.41, 5.74) is 1.77. The summed E-state index contributed by atoms with van der Waals surface area (Å²) in [5, 5.41) is 0.958. The Bertz CT molecular complexity index is 1130. The summed E-state index contributed by atoms with van der Waals surface area (Å²) < 4.78 is 10.7. The summed E-state index contributed by atoms with van der Waals surface area (Å²) in [6, 6.07) is 14.9. The number of rotatable bonds is 6. The summed E-state index contributed by atoms with van der Waals surface area (Å²) in [5.74, 6) is 0.996. The van der Waals surface area contributed by atoms with Crippen molar-refractivity contribution in [3.63, 3.8) is 0 Å². The third-order valence-electron chi connectivity index (χ3n) is 6.08. The van der Waals surface area contributed by atoms with Crippen molar-refractivity contribution in [1.82, 2.24) is 9.88 Å². The second kappa shape index (κ2) is 9.25. The molecule has 162 valence electrons. The highest BCUT2D eigenvalue weighted by atomic mass is 16.5. The van der Waals surface area contributed by atoms with E-state index in [1.165, 1.54) is 6.42 Å². The van der Waals surface area contributed by atoms with Crippen molar-refractivity contribution in [2.75, 3.05) is 14.2 Å². The molecule has 0 atom stereocenters. The van der Waals surface area contributed by atoms with Crippen molar-refractivity contribution >= 4 is 16.8 Å². The standard InChI is InChI=1S/C25H28N2O4/c1-30-22-13-12-18(15-23(22)31-2)25(29)27(20-9-4-3-5-10-20)16-19-14-17-8-6-7-11-21(17)26-24(19)28/h6-8,11-15,20H,3-5,9-10,16H2,1-2H3,(H,26,28). The molecular weight excluding hydrogens is 392 g/mol. The van der Waals surface area contributed by atoms with Gasteiger partial charge in [0.1, 0.15) is 0 Å². The van der Waals surface area contributed by atoms with E-state index in [9.17, 15) is 9.59 Å². The highest BCUT2D eigenvalue weighted by molar-refractivity contribution is 5.95. The smallest absolute Gasteiger partial charge is 0.254 e. The van der Waals surface area contributed by atoms with Crippen LogP contribution >= 0.6 is 0 Å². The van der Waals surface area contributed by atoms with E-state index in [-0.39, 0.29) is 24.1 Å². The molecule has 0 spiro atoms. The van der Waals surface area contributed by atoms with Gasteiger partial charge in [0.05, 0.1) is 20.8 Å². The van der Waals surface area contributed by atoms with Gasteiger partial charge in [0.15, 0.2) is 11.5 Å². The number of pyridine rings is 1. The lowest BCUT2D eigenvalue weighted by atomic mass is 9.93. The van der Waals surface area contributed by atoms with Gasteiger partial charge in [-0.15, -0.1) is 0 Å². The quantitative estimate of drug-likeness (QED) is 0.636. The van der Waals surface area contributed by atoms with Gasteiger partial charge in [-0.3, -0.25) is 9.59 Å². The van der Waals surface area contributed by atoms with Crippen molar-refractivity contribution in [1.29, 1.82) is 0 Å². The van der Waals surface area contributed by atoms with Gasteiger partial charge < -0.3 is 19.4 Å². The molecule has 1 N–H and O–H groups in total. The molecule has 3 aromatic rings. The number of aromatic amines is 1. The average Bonchev–Trinajstić information content (AvgIpc) is 2.82. The van der Waals surface area contributed by atoms with Gasteiger partial charge in [0, 0.05) is 22.7 Å². The first kappa shape index (κ1) is 21.0. The molecule has 1 aromatic heterocycles. The van der Waals surface area contributed by atoms with Gasteiger partial charge in [-0.25, -0.2) is 0 Å². The van der Waals surface area contributed by atoms with Crippen LogP contribution in [0.2, 0.25) is 0 Å². The number of amides is 1. The van der Waals surface area contributed by atoms with Crippen LogP contribution in [0.25, 0.3) is 10.9 Å². The molecule has 1 fully saturated rings. The first-order valence-corrected chi connectivity index (χ1v) is 10.7. The number of hydrogen-bond donors (Lipinski definition) is 1. The molecule has 0 bridgehead atoms. The molecule has 1 saturated carbocycles. The normalized spacial score (nSPS) is 14.4. The molecule has 6 heteroatoms. The Kier molecular flexibility index (Phi) is 6.26. The summed E-state index contributed by atoms with van der Waals surface area (Å²) >= 11 is 0. The third kappa shape index (κ3) is 4.43. The van der Waals surface area contributed by atoms with Crippen LogP contribution in [-0.2, 0) is 6.54 Å². The highest BCUT2D eigenvalue weighted by Crippen LogP contribution is 2.30. The number of methoxy groups -OCH3 is 2. The molecule has 1 amide bonds. The maximum Gasteiger partial charge on any atom is 0.254 e. The van der Waals surface area contributed by atoms with Crippen LogP contribution in [0.1, 0.15) is 48.0 Å². The van der Waals surface area contributed by atoms with E-state index in [2.05, 4.69) is 4.98 Å². The number of H-pyrrole nitrogens is 1. The lowest BCUT2D eigenvalue weighted by Gasteiger charge is -2.34. The number of hydrogen-bond acceptors (Lipinski definition) is 4. The van der Waals surface area contributed by atoms with E-state index < -0.39 is 0 Å². The van der Waals surface area contributed by atoms with Crippen LogP contribution < -0.4 is 15.0 Å². The molecule has 0 unspecified atom stereocenters. The minimum Gasteiger partial charge on any atom is -0.493 e. The third-order valence-corrected chi connectivity index (χ3v) is 6.08. The number of carbonyl (C=O) groups excluding carboxylic acids is 1. The van der Waals surface area contributed by atoms with Crippen LogP contribution in [0.3, 0.4) is 0 Å². The summed E-state index contributed by atoms with van der Waals surface area (Å²) in [7, 11) is 3.12. The highest BCUT2D eigenvalue weighted by Gasteiger charge is 2.28. The topological polar surface area (TPSA) is 71.6 Å². The minimum absolute atomic E-state index is 0.0968. The zero-order chi connectivity index (χ0) is 21.8. The summed E-state index contributed by atoms with van der Waals surface area (Å²) in [4.78, 5) is 31.2. The zero-order valence-corrected chi connectivity index (χ0v) is 18.0. The number of benzene rings is 2. The molecule has 0 radical (unpaired) electrons. The van der Waals surface area contributed by atoms with Crippen LogP contribution in [0, 0.1) is 0 Å². The fraction of sp³-hybridized carbons (Fsp3) is 0.360. The predicted molar refractivity (Wildman–Crippen MR) is 121 cm³/mol. The Morgan fingerprint density at radius 3 is 2.48 bits per heavy atom. The molecule has 31 heavy (non-hydrogen) atoms. The van der Waals surface area contributed by atoms with Crippen molar-refractivity contribution in [3.05, 3.63) is 70.0 Å². The van der Waals surface area contributed by atoms with Crippen LogP contribution in [0.15, 0.2) is 53.3 Å². The second-order valence-electron chi connectivity index (χ2n) is 8.01. The van der Waals surface area contributed by atoms with Gasteiger partial charge in [-0.2, -0.15) is 0 Å². The van der Waals surface area contributed by atoms with Crippen molar-refractivity contribution < 1.29 is 14.3 Å². The minimum atomic E-state index is -0.153. The van der Waals surface area contributed by atoms with E-state index >= 15 is 0 Å². The Balaban J connectivity index is 1.70. The predicted octanol–water partition coefficient (Wildman–Crippen LogP) is 4.52. The molecule has 0 saturated heterocycles. The molecule has 1 aliphatic carbocycles. The van der Waals surface area contributed by atoms with Crippen molar-refractivity contribution in [2.45, 2.75) is 44.7 Å². The monoisotopic (exact) mass is 420 g/mol. The zero-order valence-electron chi connectivity index (χ0n) is 18.0. The van der Waals surface area contributed by atoms with Gasteiger partial charge in [0.2, 0.25) is 0 Å². The Labute approximate surface area is 181 Å². The molecule has 6 nitrogen and oxygen atoms in total. The fourth-order valence-corrected chi connectivity index (χ4v) is 4.39. The molecule has 2 aromatic carbocycles. The van der Waals surface area contributed by atoms with E-state index in [1.807, 2.05) is 35.2 Å². The number of nitrogens with zero attached hydrogens (tertiary/aromatic N) is 1. The summed E-state index contributed by atoms with van der Waals surface area (Å²) in [6.45, 7) is 0.276. The number of ether oxygens (including phenoxy) is 2. The number of para-hydroxylation sites is 1. The maximum atomic E-state index is 13.6. The Hall–Kier alpha value is -3.28. The lowest BCUT2D eigenvalue weighted by molar-refractivity contribution is 0.0613. The summed E-state index contributed by atoms with van der Waals surface area (Å²) in [6.07, 6.45) is 5.27. The van der Waals surface area contributed by atoms with Crippen molar-refractivity contribution in [3.8, 4) is 11.5 Å². The SMILES string of the molecule is COc1ccc(C(=O)N(Cc2cc3ccccc3[nH]c2=O)C2CCCCC2)cc1OC. The number of nitrogens with one attached hydrogen (secondary N) is 1. The van der Waals surface area contributed by atoms with Crippen LogP contribution in [0.5, 0.6) is 11.5 Å². The van der Waals surface area contributed by atoms with E-state index in [1.54, 1.807) is 32.4 Å². The number of aromatic nitrogens is 1. The Morgan fingerprint density at radius 2 is 1.74 bits per heavy atom. The fourth-order valence-electron chi connectivity index (χ4n) is 4.39. The van der Waals surface area contributed by atoms with Gasteiger partial charge in [0.25, 0.3) is 11.5 Å². The first-order valence-electron chi connectivity index (χ1n) is 10.7. The van der Waals surface area contributed by atoms with Crippen LogP contribution in [0.4, 0.5) is 0 Å². The number of fused-ring (bicyclic) bond motifs is 1. The molecular formula is C25H28N2O4. The molecule has 0 aliphatic heterocycles. The second-order valence-corrected chi connectivity index (χ2v) is 8.01. The lowest BCUT2D eigenvalue weighted by Crippen LogP contribution is -2.42. The van der Waals surface area contributed by atoms with Gasteiger partial charge in [-0.05, 0) is 48.6 Å². The molecule has 1 heterocycles. The maximum absolute atomic E-state index is 13.6. The van der Waals surface area contributed by atoms with E-state index in [4.69, 9.17) is 9.47 Å². The molecule has 1 aliphatic rings.